The summed E-state index contributed by atoms with van der Waals surface area (Å²) in [6.45, 7) is 1.00. The van der Waals surface area contributed by atoms with E-state index in [1.807, 2.05) is 0 Å². The molecule has 2 rings (SSSR count). The molecule has 0 saturated heterocycles. The molecule has 0 aromatic heterocycles. The van der Waals surface area contributed by atoms with Gasteiger partial charge in [0.1, 0.15) is 5.82 Å². The van der Waals surface area contributed by atoms with E-state index in [9.17, 15) is 14.5 Å². The Morgan fingerprint density at radius 2 is 1.52 bits per heavy atom. The zero-order valence-corrected chi connectivity index (χ0v) is 12.6. The smallest absolute Gasteiger partial charge is 0.269 e. The Bertz CT molecular complexity index is 684. The maximum atomic E-state index is 12.8. The van der Waals surface area contributed by atoms with E-state index in [-0.39, 0.29) is 11.5 Å². The number of non-ortho nitro benzene ring substituents is 1. The van der Waals surface area contributed by atoms with E-state index in [0.29, 0.717) is 19.0 Å². The van der Waals surface area contributed by atoms with Crippen molar-refractivity contribution < 1.29 is 9.31 Å². The van der Waals surface area contributed by atoms with Crippen LogP contribution in [0, 0.1) is 15.9 Å². The van der Waals surface area contributed by atoms with Crippen LogP contribution in [0.4, 0.5) is 10.1 Å². The number of halogens is 1. The Morgan fingerprint density at radius 3 is 1.96 bits per heavy atom. The van der Waals surface area contributed by atoms with Gasteiger partial charge >= 0.3 is 0 Å². The molecule has 2 N–H and O–H groups in total. The lowest BCUT2D eigenvalue weighted by molar-refractivity contribution is -0.384. The highest BCUT2D eigenvalue weighted by Gasteiger charge is 2.04. The lowest BCUT2D eigenvalue weighted by Gasteiger charge is -2.12. The summed E-state index contributed by atoms with van der Waals surface area (Å²) in [4.78, 5) is 14.3. The molecule has 23 heavy (non-hydrogen) atoms. The van der Waals surface area contributed by atoms with Crippen molar-refractivity contribution in [3.05, 3.63) is 75.6 Å². The van der Waals surface area contributed by atoms with E-state index in [1.54, 1.807) is 31.3 Å². The largest absolute Gasteiger partial charge is 0.352 e. The first-order chi connectivity index (χ1) is 11.1. The van der Waals surface area contributed by atoms with Gasteiger partial charge in [-0.25, -0.2) is 4.39 Å². The molecule has 120 valence electrons. The minimum atomic E-state index is -0.430. The number of hydrogen-bond donors (Lipinski definition) is 2. The normalized spacial score (nSPS) is 11.1. The van der Waals surface area contributed by atoms with Crippen molar-refractivity contribution >= 4 is 11.6 Å². The van der Waals surface area contributed by atoms with Crippen LogP contribution in [0.5, 0.6) is 0 Å². The summed E-state index contributed by atoms with van der Waals surface area (Å²) in [7, 11) is 1.65. The molecule has 0 atom stereocenters. The van der Waals surface area contributed by atoms with Crippen LogP contribution in [0.15, 0.2) is 53.5 Å². The third kappa shape index (κ3) is 5.06. The predicted octanol–water partition coefficient (Wildman–Crippen LogP) is 2.60. The SMILES string of the molecule is CN=C(NCc1ccc(F)cc1)NCc1ccc([N+](=O)[O-])cc1. The molecule has 0 aliphatic heterocycles. The van der Waals surface area contributed by atoms with Gasteiger partial charge in [0.2, 0.25) is 0 Å². The summed E-state index contributed by atoms with van der Waals surface area (Å²) in [5.74, 6) is 0.321. The number of benzene rings is 2. The highest BCUT2D eigenvalue weighted by molar-refractivity contribution is 5.79. The van der Waals surface area contributed by atoms with Crippen molar-refractivity contribution in [2.45, 2.75) is 13.1 Å². The fraction of sp³-hybridized carbons (Fsp3) is 0.188. The molecular weight excluding hydrogens is 299 g/mol. The van der Waals surface area contributed by atoms with E-state index < -0.39 is 4.92 Å². The highest BCUT2D eigenvalue weighted by Crippen LogP contribution is 2.11. The second-order valence-corrected chi connectivity index (χ2v) is 4.83. The Balaban J connectivity index is 1.85. The van der Waals surface area contributed by atoms with Gasteiger partial charge in [0.25, 0.3) is 5.69 Å². The molecular formula is C16H17FN4O2. The van der Waals surface area contributed by atoms with E-state index >= 15 is 0 Å². The molecule has 0 amide bonds. The van der Waals surface area contributed by atoms with E-state index in [4.69, 9.17) is 0 Å². The molecule has 0 heterocycles. The first kappa shape index (κ1) is 16.4. The van der Waals surface area contributed by atoms with Crippen molar-refractivity contribution in [3.63, 3.8) is 0 Å². The molecule has 0 aliphatic rings. The number of aliphatic imine (C=N–C) groups is 1. The van der Waals surface area contributed by atoms with Crippen molar-refractivity contribution in [2.75, 3.05) is 7.05 Å². The second-order valence-electron chi connectivity index (χ2n) is 4.83. The molecule has 0 aliphatic carbocycles. The molecule has 2 aromatic carbocycles. The first-order valence-corrected chi connectivity index (χ1v) is 7.01. The Hall–Kier alpha value is -2.96. The van der Waals surface area contributed by atoms with Crippen LogP contribution < -0.4 is 10.6 Å². The average Bonchev–Trinajstić information content (AvgIpc) is 2.57. The maximum Gasteiger partial charge on any atom is 0.269 e. The lowest BCUT2D eigenvalue weighted by Crippen LogP contribution is -2.36. The second kappa shape index (κ2) is 7.88. The van der Waals surface area contributed by atoms with Crippen molar-refractivity contribution in [1.82, 2.24) is 10.6 Å². The molecule has 0 fully saturated rings. The summed E-state index contributed by atoms with van der Waals surface area (Å²) in [5.41, 5.74) is 1.90. The van der Waals surface area contributed by atoms with E-state index in [1.165, 1.54) is 24.3 Å². The summed E-state index contributed by atoms with van der Waals surface area (Å²) in [6.07, 6.45) is 0. The van der Waals surface area contributed by atoms with Gasteiger partial charge < -0.3 is 10.6 Å². The fourth-order valence-electron chi connectivity index (χ4n) is 1.93. The fourth-order valence-corrected chi connectivity index (χ4v) is 1.93. The maximum absolute atomic E-state index is 12.8. The van der Waals surface area contributed by atoms with Crippen LogP contribution in [-0.2, 0) is 13.1 Å². The Kier molecular flexibility index (Phi) is 5.62. The van der Waals surface area contributed by atoms with Crippen LogP contribution in [0.25, 0.3) is 0 Å². The van der Waals surface area contributed by atoms with Gasteiger partial charge in [-0.1, -0.05) is 24.3 Å². The number of nitro benzene ring substituents is 1. The number of rotatable bonds is 5. The molecule has 0 unspecified atom stereocenters. The van der Waals surface area contributed by atoms with Gasteiger partial charge in [0.05, 0.1) is 4.92 Å². The summed E-state index contributed by atoms with van der Waals surface area (Å²) < 4.78 is 12.8. The zero-order chi connectivity index (χ0) is 16.7. The number of guanidine groups is 1. The number of nitrogens with zero attached hydrogens (tertiary/aromatic N) is 2. The van der Waals surface area contributed by atoms with Gasteiger partial charge in [0, 0.05) is 32.3 Å². The summed E-state index contributed by atoms with van der Waals surface area (Å²) >= 11 is 0. The van der Waals surface area contributed by atoms with Gasteiger partial charge in [-0.05, 0) is 23.3 Å². The topological polar surface area (TPSA) is 79.6 Å². The van der Waals surface area contributed by atoms with Crippen LogP contribution in [0.3, 0.4) is 0 Å². The monoisotopic (exact) mass is 316 g/mol. The van der Waals surface area contributed by atoms with Gasteiger partial charge in [-0.15, -0.1) is 0 Å². The predicted molar refractivity (Wildman–Crippen MR) is 86.5 cm³/mol. The van der Waals surface area contributed by atoms with Crippen molar-refractivity contribution in [1.29, 1.82) is 0 Å². The third-order valence-corrected chi connectivity index (χ3v) is 3.20. The van der Waals surface area contributed by atoms with Gasteiger partial charge in [-0.3, -0.25) is 15.1 Å². The lowest BCUT2D eigenvalue weighted by atomic mass is 10.2. The molecule has 0 spiro atoms. The van der Waals surface area contributed by atoms with Crippen LogP contribution in [0.2, 0.25) is 0 Å². The zero-order valence-electron chi connectivity index (χ0n) is 12.6. The van der Waals surface area contributed by atoms with E-state index in [2.05, 4.69) is 15.6 Å². The molecule has 0 radical (unpaired) electrons. The minimum Gasteiger partial charge on any atom is -0.352 e. The van der Waals surface area contributed by atoms with Crippen LogP contribution >= 0.6 is 0 Å². The molecule has 0 bridgehead atoms. The molecule has 2 aromatic rings. The first-order valence-electron chi connectivity index (χ1n) is 7.01. The quantitative estimate of drug-likeness (QED) is 0.384. The van der Waals surface area contributed by atoms with Gasteiger partial charge in [-0.2, -0.15) is 0 Å². The van der Waals surface area contributed by atoms with Crippen molar-refractivity contribution in [2.24, 2.45) is 4.99 Å². The minimum absolute atomic E-state index is 0.0626. The summed E-state index contributed by atoms with van der Waals surface area (Å²) in [5, 5.41) is 16.8. The third-order valence-electron chi connectivity index (χ3n) is 3.20. The average molecular weight is 316 g/mol. The van der Waals surface area contributed by atoms with E-state index in [0.717, 1.165) is 11.1 Å². The number of nitrogens with one attached hydrogen (secondary N) is 2. The summed E-state index contributed by atoms with van der Waals surface area (Å²) in [6, 6.07) is 12.5. The molecule has 0 saturated carbocycles. The Morgan fingerprint density at radius 1 is 1.04 bits per heavy atom. The molecule has 7 heteroatoms. The standard InChI is InChI=1S/C16H17FN4O2/c1-18-16(19-10-12-2-6-14(17)7-3-12)20-11-13-4-8-15(9-5-13)21(22)23/h2-9H,10-11H2,1H3,(H2,18,19,20). The highest BCUT2D eigenvalue weighted by atomic mass is 19.1. The van der Waals surface area contributed by atoms with Crippen LogP contribution in [0.1, 0.15) is 11.1 Å². The number of hydrogen-bond acceptors (Lipinski definition) is 3. The Labute approximate surface area is 133 Å². The van der Waals surface area contributed by atoms with Gasteiger partial charge in [0.15, 0.2) is 5.96 Å². The van der Waals surface area contributed by atoms with Crippen LogP contribution in [-0.4, -0.2) is 17.9 Å². The van der Waals surface area contributed by atoms with Crippen molar-refractivity contribution in [3.8, 4) is 0 Å². The number of nitro groups is 1. The molecule has 6 nitrogen and oxygen atoms in total.